The van der Waals surface area contributed by atoms with Crippen LogP contribution in [0.25, 0.3) is 0 Å². The summed E-state index contributed by atoms with van der Waals surface area (Å²) >= 11 is 0. The highest BCUT2D eigenvalue weighted by Gasteiger charge is 2.49. The van der Waals surface area contributed by atoms with Crippen molar-refractivity contribution in [2.24, 2.45) is 5.92 Å². The number of nitrogens with zero attached hydrogens (tertiary/aromatic N) is 1. The summed E-state index contributed by atoms with van der Waals surface area (Å²) in [6.45, 7) is 3.15. The molecule has 1 saturated carbocycles. The second kappa shape index (κ2) is 6.06. The summed E-state index contributed by atoms with van der Waals surface area (Å²) in [6.07, 6.45) is 3.50. The number of hydrogen-bond acceptors (Lipinski definition) is 4. The zero-order chi connectivity index (χ0) is 14.8. The summed E-state index contributed by atoms with van der Waals surface area (Å²) in [6, 6.07) is 8.59. The summed E-state index contributed by atoms with van der Waals surface area (Å²) in [5, 5.41) is 0. The van der Waals surface area contributed by atoms with Gasteiger partial charge in [-0.1, -0.05) is 12.1 Å². The SMILES string of the molecule is CCOC(=O)C1C2CCC(C2)N1Cc1ccc(OC)cc1. The smallest absolute Gasteiger partial charge is 0.323 e. The van der Waals surface area contributed by atoms with Crippen LogP contribution in [0.5, 0.6) is 5.75 Å². The van der Waals surface area contributed by atoms with E-state index in [1.165, 1.54) is 12.0 Å². The first-order valence-electron chi connectivity index (χ1n) is 7.78. The second-order valence-corrected chi connectivity index (χ2v) is 5.94. The van der Waals surface area contributed by atoms with Gasteiger partial charge in [-0.15, -0.1) is 0 Å². The van der Waals surface area contributed by atoms with E-state index < -0.39 is 0 Å². The van der Waals surface area contributed by atoms with E-state index in [4.69, 9.17) is 9.47 Å². The van der Waals surface area contributed by atoms with Crippen LogP contribution in [0.15, 0.2) is 24.3 Å². The van der Waals surface area contributed by atoms with Crippen molar-refractivity contribution in [2.45, 2.75) is 44.8 Å². The Bertz CT molecular complexity index is 499. The topological polar surface area (TPSA) is 38.8 Å². The zero-order valence-corrected chi connectivity index (χ0v) is 12.7. The van der Waals surface area contributed by atoms with E-state index in [0.29, 0.717) is 18.6 Å². The van der Waals surface area contributed by atoms with Crippen LogP contribution < -0.4 is 4.74 Å². The molecule has 3 rings (SSSR count). The van der Waals surface area contributed by atoms with Crippen LogP contribution in [-0.2, 0) is 16.1 Å². The Morgan fingerprint density at radius 1 is 1.29 bits per heavy atom. The first-order chi connectivity index (χ1) is 10.2. The Morgan fingerprint density at radius 2 is 2.05 bits per heavy atom. The first kappa shape index (κ1) is 14.4. The summed E-state index contributed by atoms with van der Waals surface area (Å²) in [5.41, 5.74) is 1.22. The molecule has 0 radical (unpaired) electrons. The molecule has 1 aliphatic carbocycles. The number of methoxy groups -OCH3 is 1. The van der Waals surface area contributed by atoms with Gasteiger partial charge in [0.05, 0.1) is 13.7 Å². The fourth-order valence-electron chi connectivity index (χ4n) is 3.80. The highest BCUT2D eigenvalue weighted by atomic mass is 16.5. The number of ether oxygens (including phenoxy) is 2. The van der Waals surface area contributed by atoms with Crippen LogP contribution in [0.3, 0.4) is 0 Å². The third-order valence-corrected chi connectivity index (χ3v) is 4.77. The Balaban J connectivity index is 1.73. The summed E-state index contributed by atoms with van der Waals surface area (Å²) < 4.78 is 10.5. The van der Waals surface area contributed by atoms with Gasteiger partial charge in [0.1, 0.15) is 11.8 Å². The number of benzene rings is 1. The molecule has 1 aromatic carbocycles. The predicted molar refractivity (Wildman–Crippen MR) is 80.1 cm³/mol. The van der Waals surface area contributed by atoms with Gasteiger partial charge in [-0.2, -0.15) is 0 Å². The molecular weight excluding hydrogens is 266 g/mol. The minimum absolute atomic E-state index is 0.0433. The predicted octanol–water partition coefficient (Wildman–Crippen LogP) is 2.61. The second-order valence-electron chi connectivity index (χ2n) is 5.94. The van der Waals surface area contributed by atoms with E-state index in [1.807, 2.05) is 19.1 Å². The van der Waals surface area contributed by atoms with Crippen molar-refractivity contribution in [3.63, 3.8) is 0 Å². The van der Waals surface area contributed by atoms with Crippen molar-refractivity contribution in [1.29, 1.82) is 0 Å². The lowest BCUT2D eigenvalue weighted by molar-refractivity contribution is -0.151. The minimum atomic E-state index is -0.0502. The maximum absolute atomic E-state index is 12.3. The molecule has 4 heteroatoms. The maximum Gasteiger partial charge on any atom is 0.323 e. The lowest BCUT2D eigenvalue weighted by Gasteiger charge is -2.33. The maximum atomic E-state index is 12.3. The first-order valence-corrected chi connectivity index (χ1v) is 7.78. The van der Waals surface area contributed by atoms with E-state index in [1.54, 1.807) is 7.11 Å². The monoisotopic (exact) mass is 289 g/mol. The molecule has 2 bridgehead atoms. The molecule has 0 spiro atoms. The average molecular weight is 289 g/mol. The van der Waals surface area contributed by atoms with Gasteiger partial charge in [-0.05, 0) is 49.8 Å². The largest absolute Gasteiger partial charge is 0.497 e. The van der Waals surface area contributed by atoms with Crippen LogP contribution in [0.2, 0.25) is 0 Å². The third-order valence-electron chi connectivity index (χ3n) is 4.77. The Labute approximate surface area is 126 Å². The Morgan fingerprint density at radius 3 is 2.71 bits per heavy atom. The number of likely N-dealkylation sites (tertiary alicyclic amines) is 1. The average Bonchev–Trinajstić information content (AvgIpc) is 3.09. The molecule has 2 aliphatic rings. The number of esters is 1. The van der Waals surface area contributed by atoms with Crippen LogP contribution >= 0.6 is 0 Å². The molecular formula is C17H23NO3. The number of carbonyl (C=O) groups is 1. The fourth-order valence-corrected chi connectivity index (χ4v) is 3.80. The van der Waals surface area contributed by atoms with Gasteiger partial charge in [-0.3, -0.25) is 9.69 Å². The van der Waals surface area contributed by atoms with Crippen molar-refractivity contribution < 1.29 is 14.3 Å². The molecule has 114 valence electrons. The normalized spacial score (nSPS) is 27.8. The molecule has 4 nitrogen and oxygen atoms in total. The number of fused-ring (bicyclic) bond motifs is 2. The minimum Gasteiger partial charge on any atom is -0.497 e. The van der Waals surface area contributed by atoms with E-state index >= 15 is 0 Å². The third kappa shape index (κ3) is 2.77. The summed E-state index contributed by atoms with van der Waals surface area (Å²) in [5.74, 6) is 1.30. The van der Waals surface area contributed by atoms with Crippen molar-refractivity contribution >= 4 is 5.97 Å². The number of hydrogen-bond donors (Lipinski definition) is 0. The van der Waals surface area contributed by atoms with Crippen molar-refractivity contribution in [1.82, 2.24) is 4.90 Å². The highest BCUT2D eigenvalue weighted by Crippen LogP contribution is 2.43. The van der Waals surface area contributed by atoms with Gasteiger partial charge in [-0.25, -0.2) is 0 Å². The van der Waals surface area contributed by atoms with Crippen molar-refractivity contribution in [2.75, 3.05) is 13.7 Å². The van der Waals surface area contributed by atoms with Gasteiger partial charge in [0.2, 0.25) is 0 Å². The van der Waals surface area contributed by atoms with E-state index in [2.05, 4.69) is 17.0 Å². The van der Waals surface area contributed by atoms with Crippen LogP contribution in [-0.4, -0.2) is 36.7 Å². The molecule has 21 heavy (non-hydrogen) atoms. The molecule has 0 aromatic heterocycles. The molecule has 2 fully saturated rings. The number of rotatable bonds is 5. The molecule has 1 aromatic rings. The lowest BCUT2D eigenvalue weighted by atomic mass is 9.98. The van der Waals surface area contributed by atoms with Gasteiger partial charge < -0.3 is 9.47 Å². The van der Waals surface area contributed by atoms with Crippen LogP contribution in [0, 0.1) is 5.92 Å². The van der Waals surface area contributed by atoms with Crippen molar-refractivity contribution in [3.05, 3.63) is 29.8 Å². The Kier molecular flexibility index (Phi) is 4.15. The van der Waals surface area contributed by atoms with Gasteiger partial charge in [0.25, 0.3) is 0 Å². The molecule has 0 amide bonds. The van der Waals surface area contributed by atoms with Gasteiger partial charge in [0.15, 0.2) is 0 Å². The highest BCUT2D eigenvalue weighted by molar-refractivity contribution is 5.77. The summed E-state index contributed by atoms with van der Waals surface area (Å²) in [4.78, 5) is 14.6. The van der Waals surface area contributed by atoms with Crippen molar-refractivity contribution in [3.8, 4) is 5.75 Å². The molecule has 1 heterocycles. The summed E-state index contributed by atoms with van der Waals surface area (Å²) in [7, 11) is 1.67. The van der Waals surface area contributed by atoms with Crippen LogP contribution in [0.1, 0.15) is 31.7 Å². The van der Waals surface area contributed by atoms with Gasteiger partial charge in [0, 0.05) is 12.6 Å². The molecule has 1 saturated heterocycles. The fraction of sp³-hybridized carbons (Fsp3) is 0.588. The molecule has 3 unspecified atom stereocenters. The van der Waals surface area contributed by atoms with Gasteiger partial charge >= 0.3 is 5.97 Å². The van der Waals surface area contributed by atoms with E-state index in [0.717, 1.165) is 25.1 Å². The zero-order valence-electron chi connectivity index (χ0n) is 12.7. The quantitative estimate of drug-likeness (QED) is 0.781. The Hall–Kier alpha value is -1.55. The van der Waals surface area contributed by atoms with E-state index in [-0.39, 0.29) is 12.0 Å². The van der Waals surface area contributed by atoms with Crippen LogP contribution in [0.4, 0.5) is 0 Å². The standard InChI is InChI=1S/C17H23NO3/c1-3-21-17(19)16-13-6-7-14(10-13)18(16)11-12-4-8-15(20-2)9-5-12/h4-5,8-9,13-14,16H,3,6-7,10-11H2,1-2H3. The molecule has 3 atom stereocenters. The number of piperidine rings is 1. The van der Waals surface area contributed by atoms with E-state index in [9.17, 15) is 4.79 Å². The molecule has 1 aliphatic heterocycles. The molecule has 0 N–H and O–H groups in total. The lowest BCUT2D eigenvalue weighted by Crippen LogP contribution is -2.46. The number of carbonyl (C=O) groups excluding carboxylic acids is 1.